The monoisotopic (exact) mass is 768 g/mol. The molecule has 0 saturated heterocycles. The molecule has 3 aliphatic carbocycles. The average Bonchev–Trinajstić information content (AvgIpc) is 4.02. The van der Waals surface area contributed by atoms with E-state index in [-0.39, 0.29) is 5.41 Å². The minimum absolute atomic E-state index is 0.163. The molecule has 6 aromatic carbocycles. The Hall–Kier alpha value is -5.88. The van der Waals surface area contributed by atoms with Gasteiger partial charge in [-0.1, -0.05) is 116 Å². The fourth-order valence-electron chi connectivity index (χ4n) is 10.7. The molecule has 10 aromatic rings. The molecule has 13 rings (SSSR count). The van der Waals surface area contributed by atoms with Gasteiger partial charge in [0.2, 0.25) is 0 Å². The third-order valence-electron chi connectivity index (χ3n) is 13.2. The van der Waals surface area contributed by atoms with Gasteiger partial charge in [-0.2, -0.15) is 0 Å². The molecule has 4 heterocycles. The van der Waals surface area contributed by atoms with E-state index in [4.69, 9.17) is 14.4 Å². The molecule has 4 aromatic heterocycles. The Morgan fingerprint density at radius 1 is 0.561 bits per heavy atom. The number of fused-ring (bicyclic) bond motifs is 14. The lowest BCUT2D eigenvalue weighted by atomic mass is 9.67. The molecule has 0 N–H and O–H groups in total. The van der Waals surface area contributed by atoms with E-state index in [2.05, 4.69) is 121 Å². The molecule has 1 fully saturated rings. The largest absolute Gasteiger partial charge is 0.456 e. The molecule has 0 aliphatic heterocycles. The summed E-state index contributed by atoms with van der Waals surface area (Å²) in [5.74, 6) is 0.773. The highest BCUT2D eigenvalue weighted by Gasteiger charge is 2.44. The number of aryl methyl sites for hydroxylation is 1. The second kappa shape index (κ2) is 12.1. The Bertz CT molecular complexity index is 3350. The first-order valence-electron chi connectivity index (χ1n) is 20.3. The summed E-state index contributed by atoms with van der Waals surface area (Å²) in [6, 6.07) is 46.7. The average molecular weight is 769 g/mol. The van der Waals surface area contributed by atoms with Crippen LogP contribution in [0.25, 0.3) is 97.7 Å². The first kappa shape index (κ1) is 32.2. The van der Waals surface area contributed by atoms with Gasteiger partial charge in [-0.25, -0.2) is 9.97 Å². The van der Waals surface area contributed by atoms with Gasteiger partial charge < -0.3 is 4.42 Å². The van der Waals surface area contributed by atoms with E-state index in [0.717, 1.165) is 67.6 Å². The van der Waals surface area contributed by atoms with Gasteiger partial charge in [0.25, 0.3) is 0 Å². The van der Waals surface area contributed by atoms with Crippen LogP contribution in [-0.4, -0.2) is 9.97 Å². The van der Waals surface area contributed by atoms with Gasteiger partial charge in [0.15, 0.2) is 5.82 Å². The maximum absolute atomic E-state index is 6.37. The van der Waals surface area contributed by atoms with E-state index in [9.17, 15) is 0 Å². The number of thiophene rings is 2. The SMILES string of the molecule is C1=C(c2cccc3c2-c2ccccc2C32CCCCC2)CCc2sc3c(-c4nc(-c5ccc6c(c5)oc5ccccc56)c5sc6ccccc6c5n4)cccc3c21. The summed E-state index contributed by atoms with van der Waals surface area (Å²) in [6.45, 7) is 0. The van der Waals surface area contributed by atoms with Gasteiger partial charge in [-0.3, -0.25) is 0 Å². The summed E-state index contributed by atoms with van der Waals surface area (Å²) >= 11 is 3.70. The van der Waals surface area contributed by atoms with Gasteiger partial charge in [-0.05, 0) is 101 Å². The molecule has 3 aliphatic rings. The molecule has 0 unspecified atom stereocenters. The van der Waals surface area contributed by atoms with E-state index < -0.39 is 0 Å². The van der Waals surface area contributed by atoms with Crippen molar-refractivity contribution in [1.82, 2.24) is 9.97 Å². The van der Waals surface area contributed by atoms with Crippen molar-refractivity contribution in [1.29, 1.82) is 0 Å². The predicted octanol–water partition coefficient (Wildman–Crippen LogP) is 15.0. The van der Waals surface area contributed by atoms with Crippen LogP contribution in [0.15, 0.2) is 132 Å². The number of para-hydroxylation sites is 1. The normalized spacial score (nSPS) is 15.8. The molecule has 0 amide bonds. The zero-order chi connectivity index (χ0) is 37.2. The van der Waals surface area contributed by atoms with Crippen LogP contribution in [0.5, 0.6) is 0 Å². The first-order chi connectivity index (χ1) is 28.2. The Labute approximate surface area is 338 Å². The van der Waals surface area contributed by atoms with Crippen molar-refractivity contribution in [2.75, 3.05) is 0 Å². The van der Waals surface area contributed by atoms with Gasteiger partial charge in [0, 0.05) is 52.4 Å². The van der Waals surface area contributed by atoms with Crippen molar-refractivity contribution in [3.05, 3.63) is 155 Å². The Morgan fingerprint density at radius 3 is 2.26 bits per heavy atom. The molecule has 0 bridgehead atoms. The highest BCUT2D eigenvalue weighted by Crippen LogP contribution is 2.58. The Kier molecular flexibility index (Phi) is 6.82. The third kappa shape index (κ3) is 4.58. The number of aromatic nitrogens is 2. The van der Waals surface area contributed by atoms with Crippen LogP contribution in [0.2, 0.25) is 0 Å². The summed E-state index contributed by atoms with van der Waals surface area (Å²) in [4.78, 5) is 12.3. The zero-order valence-corrected chi connectivity index (χ0v) is 32.9. The lowest BCUT2D eigenvalue weighted by Crippen LogP contribution is -2.28. The number of nitrogens with zero attached hydrogens (tertiary/aromatic N) is 2. The smallest absolute Gasteiger partial charge is 0.161 e. The predicted molar refractivity (Wildman–Crippen MR) is 240 cm³/mol. The zero-order valence-electron chi connectivity index (χ0n) is 31.3. The fraction of sp³-hybridized carbons (Fsp3) is 0.154. The molecule has 1 spiro atoms. The second-order valence-electron chi connectivity index (χ2n) is 16.2. The van der Waals surface area contributed by atoms with Crippen molar-refractivity contribution >= 4 is 86.7 Å². The first-order valence-corrected chi connectivity index (χ1v) is 22.0. The Morgan fingerprint density at radius 2 is 1.32 bits per heavy atom. The molecule has 1 saturated carbocycles. The van der Waals surface area contributed by atoms with E-state index in [1.54, 1.807) is 22.5 Å². The van der Waals surface area contributed by atoms with E-state index in [0.29, 0.717) is 0 Å². The lowest BCUT2D eigenvalue weighted by Gasteiger charge is -2.36. The van der Waals surface area contributed by atoms with E-state index >= 15 is 0 Å². The van der Waals surface area contributed by atoms with Crippen LogP contribution in [0, 0.1) is 0 Å². The standard InChI is InChI=1S/C52H36N2OS2/c1-8-26-52(27-9-1)40-18-5-2-13-36(40)46-32(15-11-19-41(46)52)30-23-25-45-39(28-30)35-16-10-17-38(49(35)56-45)51-53-47(50-48(54-51)37-14-4-7-21-44(37)57-50)31-22-24-34-33-12-3-6-20-42(33)55-43(34)29-31/h2-7,10-22,24,28-29H,1,8-9,23,25-27H2. The Balaban J connectivity index is 0.980. The summed E-state index contributed by atoms with van der Waals surface area (Å²) in [5, 5.41) is 4.72. The second-order valence-corrected chi connectivity index (χ2v) is 18.3. The topological polar surface area (TPSA) is 38.9 Å². The number of furan rings is 1. The molecule has 57 heavy (non-hydrogen) atoms. The molecular formula is C52H36N2OS2. The summed E-state index contributed by atoms with van der Waals surface area (Å²) in [6.07, 6.45) is 11.1. The summed E-state index contributed by atoms with van der Waals surface area (Å²) in [7, 11) is 0. The van der Waals surface area contributed by atoms with E-state index in [1.165, 1.54) is 85.0 Å². The van der Waals surface area contributed by atoms with E-state index in [1.807, 2.05) is 23.5 Å². The van der Waals surface area contributed by atoms with Crippen LogP contribution in [0.1, 0.15) is 65.7 Å². The van der Waals surface area contributed by atoms with Crippen LogP contribution in [0.3, 0.4) is 0 Å². The number of hydrogen-bond acceptors (Lipinski definition) is 5. The maximum atomic E-state index is 6.37. The van der Waals surface area contributed by atoms with Gasteiger partial charge in [0.1, 0.15) is 11.2 Å². The molecular weight excluding hydrogens is 733 g/mol. The number of rotatable bonds is 3. The minimum atomic E-state index is 0.163. The van der Waals surface area contributed by atoms with Crippen molar-refractivity contribution in [2.45, 2.75) is 50.4 Å². The summed E-state index contributed by atoms with van der Waals surface area (Å²) in [5.41, 5.74) is 16.4. The molecule has 3 nitrogen and oxygen atoms in total. The van der Waals surface area contributed by atoms with Crippen LogP contribution in [0.4, 0.5) is 0 Å². The van der Waals surface area contributed by atoms with Crippen molar-refractivity contribution in [3.8, 4) is 33.8 Å². The highest BCUT2D eigenvalue weighted by atomic mass is 32.1. The van der Waals surface area contributed by atoms with Crippen molar-refractivity contribution in [3.63, 3.8) is 0 Å². The summed E-state index contributed by atoms with van der Waals surface area (Å²) < 4.78 is 9.96. The number of hydrogen-bond donors (Lipinski definition) is 0. The minimum Gasteiger partial charge on any atom is -0.456 e. The maximum Gasteiger partial charge on any atom is 0.161 e. The highest BCUT2D eigenvalue weighted by molar-refractivity contribution is 7.26. The molecule has 0 atom stereocenters. The van der Waals surface area contributed by atoms with Crippen molar-refractivity contribution < 1.29 is 4.42 Å². The molecule has 5 heteroatoms. The third-order valence-corrected chi connectivity index (χ3v) is 15.7. The van der Waals surface area contributed by atoms with Crippen LogP contribution >= 0.6 is 22.7 Å². The molecule has 272 valence electrons. The number of allylic oxidation sites excluding steroid dienone is 1. The fourth-order valence-corrected chi connectivity index (χ4v) is 13.1. The molecule has 0 radical (unpaired) electrons. The van der Waals surface area contributed by atoms with Gasteiger partial charge in [0.05, 0.1) is 15.9 Å². The van der Waals surface area contributed by atoms with Gasteiger partial charge >= 0.3 is 0 Å². The lowest BCUT2D eigenvalue weighted by molar-refractivity contribution is 0.353. The van der Waals surface area contributed by atoms with Crippen molar-refractivity contribution in [2.24, 2.45) is 0 Å². The van der Waals surface area contributed by atoms with Crippen LogP contribution in [-0.2, 0) is 11.8 Å². The van der Waals surface area contributed by atoms with Crippen LogP contribution < -0.4 is 0 Å². The van der Waals surface area contributed by atoms with Gasteiger partial charge in [-0.15, -0.1) is 22.7 Å². The number of benzene rings is 6. The quantitative estimate of drug-likeness (QED) is 0.180.